The summed E-state index contributed by atoms with van der Waals surface area (Å²) >= 11 is 0. The van der Waals surface area contributed by atoms with Crippen molar-refractivity contribution in [3.05, 3.63) is 36.0 Å². The second-order valence-electron chi connectivity index (χ2n) is 6.73. The van der Waals surface area contributed by atoms with Gasteiger partial charge in [0.05, 0.1) is 19.3 Å². The van der Waals surface area contributed by atoms with E-state index in [1.807, 2.05) is 29.2 Å². The van der Waals surface area contributed by atoms with E-state index in [4.69, 9.17) is 9.47 Å². The number of carbonyl (C=O) groups excluding carboxylic acids is 2. The van der Waals surface area contributed by atoms with Gasteiger partial charge < -0.3 is 19.3 Å². The van der Waals surface area contributed by atoms with Crippen LogP contribution in [0.4, 0.5) is 4.79 Å². The summed E-state index contributed by atoms with van der Waals surface area (Å²) in [6.45, 7) is 2.33. The molecule has 0 unspecified atom stereocenters. The number of nitrogens with one attached hydrogen (secondary N) is 1. The number of benzene rings is 1. The van der Waals surface area contributed by atoms with Gasteiger partial charge in [-0.25, -0.2) is 4.79 Å². The fourth-order valence-electron chi connectivity index (χ4n) is 3.63. The molecule has 2 amide bonds. The van der Waals surface area contributed by atoms with Gasteiger partial charge in [-0.1, -0.05) is 0 Å². The third kappa shape index (κ3) is 3.47. The zero-order chi connectivity index (χ0) is 18.8. The highest BCUT2D eigenvalue weighted by molar-refractivity contribution is 5.93. The summed E-state index contributed by atoms with van der Waals surface area (Å²) in [5, 5.41) is 7.11. The average molecular weight is 370 g/mol. The van der Waals surface area contributed by atoms with Crippen molar-refractivity contribution in [1.82, 2.24) is 20.0 Å². The molecule has 142 valence electrons. The number of carbonyl (C=O) groups is 2. The number of aromatic nitrogens is 2. The first-order valence-corrected chi connectivity index (χ1v) is 9.08. The lowest BCUT2D eigenvalue weighted by Crippen LogP contribution is -2.47. The molecule has 27 heavy (non-hydrogen) atoms. The minimum Gasteiger partial charge on any atom is -0.497 e. The van der Waals surface area contributed by atoms with E-state index in [1.54, 1.807) is 18.1 Å². The second-order valence-corrected chi connectivity index (χ2v) is 6.73. The Bertz CT molecular complexity index is 824. The molecule has 0 radical (unpaired) electrons. The van der Waals surface area contributed by atoms with E-state index >= 15 is 0 Å². The van der Waals surface area contributed by atoms with Gasteiger partial charge in [-0.3, -0.25) is 9.89 Å². The van der Waals surface area contributed by atoms with E-state index < -0.39 is 0 Å². The van der Waals surface area contributed by atoms with Gasteiger partial charge in [-0.2, -0.15) is 5.10 Å². The van der Waals surface area contributed by atoms with Crippen molar-refractivity contribution < 1.29 is 19.1 Å². The van der Waals surface area contributed by atoms with E-state index in [-0.39, 0.29) is 18.0 Å². The molecule has 1 N–H and O–H groups in total. The molecule has 2 aromatic rings. The smallest absolute Gasteiger partial charge is 0.410 e. The first-order valence-electron chi connectivity index (χ1n) is 9.08. The molecule has 8 heteroatoms. The number of H-pyrrole nitrogens is 1. The Labute approximate surface area is 157 Å². The Morgan fingerprint density at radius 1 is 1.22 bits per heavy atom. The van der Waals surface area contributed by atoms with Gasteiger partial charge in [-0.05, 0) is 43.2 Å². The van der Waals surface area contributed by atoms with Gasteiger partial charge in [0, 0.05) is 24.7 Å². The Kier molecular flexibility index (Phi) is 4.70. The van der Waals surface area contributed by atoms with Crippen LogP contribution in [0.3, 0.4) is 0 Å². The zero-order valence-corrected chi connectivity index (χ0v) is 15.2. The fraction of sp³-hybridized carbons (Fsp3) is 0.421. The number of likely N-dealkylation sites (tertiary alicyclic amines) is 1. The quantitative estimate of drug-likeness (QED) is 0.891. The molecule has 2 fully saturated rings. The lowest BCUT2D eigenvalue weighted by atomic mass is 10.0. The number of amides is 2. The van der Waals surface area contributed by atoms with Gasteiger partial charge in [0.2, 0.25) is 0 Å². The molecule has 2 saturated heterocycles. The summed E-state index contributed by atoms with van der Waals surface area (Å²) in [5.74, 6) is 0.708. The normalized spacial score (nSPS) is 17.9. The lowest BCUT2D eigenvalue weighted by molar-refractivity contribution is 0.0653. The fourth-order valence-corrected chi connectivity index (χ4v) is 3.63. The summed E-state index contributed by atoms with van der Waals surface area (Å²) in [6, 6.07) is 9.46. The minimum atomic E-state index is -0.238. The molecule has 1 aromatic carbocycles. The van der Waals surface area contributed by atoms with Crippen LogP contribution < -0.4 is 4.74 Å². The lowest BCUT2D eigenvalue weighted by Gasteiger charge is -2.35. The first-order chi connectivity index (χ1) is 13.2. The highest BCUT2D eigenvalue weighted by atomic mass is 16.6. The van der Waals surface area contributed by atoms with Crippen LogP contribution in [0, 0.1) is 0 Å². The summed E-state index contributed by atoms with van der Waals surface area (Å²) in [4.78, 5) is 28.0. The summed E-state index contributed by atoms with van der Waals surface area (Å²) in [6.07, 6.45) is 1.29. The van der Waals surface area contributed by atoms with Crippen LogP contribution in [0.5, 0.6) is 5.75 Å². The standard InChI is InChI=1S/C19H22N4O4/c1-26-15-4-2-13(3-5-15)16-12-17(21-20-16)18(24)22-8-6-14(7-9-22)23-10-11-27-19(23)25/h2-5,12,14H,6-11H2,1H3,(H,20,21). The molecule has 8 nitrogen and oxygen atoms in total. The van der Waals surface area contributed by atoms with Crippen molar-refractivity contribution >= 4 is 12.0 Å². The van der Waals surface area contributed by atoms with Crippen LogP contribution in [-0.4, -0.2) is 71.4 Å². The van der Waals surface area contributed by atoms with Crippen molar-refractivity contribution in [3.63, 3.8) is 0 Å². The number of ether oxygens (including phenoxy) is 2. The number of aromatic amines is 1. The monoisotopic (exact) mass is 370 g/mol. The zero-order valence-electron chi connectivity index (χ0n) is 15.2. The van der Waals surface area contributed by atoms with Crippen molar-refractivity contribution in [1.29, 1.82) is 0 Å². The van der Waals surface area contributed by atoms with Crippen molar-refractivity contribution in [2.45, 2.75) is 18.9 Å². The van der Waals surface area contributed by atoms with Crippen molar-refractivity contribution in [3.8, 4) is 17.0 Å². The van der Waals surface area contributed by atoms with E-state index in [9.17, 15) is 9.59 Å². The number of cyclic esters (lactones) is 1. The molecule has 2 aliphatic heterocycles. The molecular weight excluding hydrogens is 348 g/mol. The van der Waals surface area contributed by atoms with E-state index in [0.717, 1.165) is 29.8 Å². The number of methoxy groups -OCH3 is 1. The van der Waals surface area contributed by atoms with Crippen LogP contribution in [0.2, 0.25) is 0 Å². The predicted octanol–water partition coefficient (Wildman–Crippen LogP) is 2.14. The van der Waals surface area contributed by atoms with Crippen molar-refractivity contribution in [2.75, 3.05) is 33.4 Å². The molecule has 0 atom stereocenters. The first kappa shape index (κ1) is 17.4. The number of rotatable bonds is 4. The maximum Gasteiger partial charge on any atom is 0.410 e. The molecule has 2 aliphatic rings. The highest BCUT2D eigenvalue weighted by Gasteiger charge is 2.33. The third-order valence-electron chi connectivity index (χ3n) is 5.18. The van der Waals surface area contributed by atoms with E-state index in [2.05, 4.69) is 10.2 Å². The molecule has 0 saturated carbocycles. The number of nitrogens with zero attached hydrogens (tertiary/aromatic N) is 3. The van der Waals surface area contributed by atoms with Gasteiger partial charge in [0.15, 0.2) is 0 Å². The summed E-state index contributed by atoms with van der Waals surface area (Å²) in [5.41, 5.74) is 2.10. The average Bonchev–Trinajstić information content (AvgIpc) is 3.37. The molecule has 0 spiro atoms. The van der Waals surface area contributed by atoms with Gasteiger partial charge in [0.25, 0.3) is 5.91 Å². The van der Waals surface area contributed by atoms with Gasteiger partial charge in [-0.15, -0.1) is 0 Å². The number of hydrogen-bond acceptors (Lipinski definition) is 5. The number of hydrogen-bond donors (Lipinski definition) is 1. The Balaban J connectivity index is 1.39. The Hall–Kier alpha value is -3.03. The molecule has 1 aromatic heterocycles. The second kappa shape index (κ2) is 7.30. The summed E-state index contributed by atoms with van der Waals surface area (Å²) in [7, 11) is 1.62. The molecule has 0 aliphatic carbocycles. The van der Waals surface area contributed by atoms with Crippen molar-refractivity contribution in [2.24, 2.45) is 0 Å². The Morgan fingerprint density at radius 2 is 1.96 bits per heavy atom. The topological polar surface area (TPSA) is 87.8 Å². The third-order valence-corrected chi connectivity index (χ3v) is 5.18. The molecule has 3 heterocycles. The number of piperidine rings is 1. The van der Waals surface area contributed by atoms with Crippen LogP contribution >= 0.6 is 0 Å². The SMILES string of the molecule is COc1ccc(-c2cc(C(=O)N3CCC(N4CCOC4=O)CC3)[nH]n2)cc1. The van der Waals surface area contributed by atoms with E-state index in [1.165, 1.54) is 0 Å². The molecular formula is C19H22N4O4. The Morgan fingerprint density at radius 3 is 2.59 bits per heavy atom. The highest BCUT2D eigenvalue weighted by Crippen LogP contribution is 2.24. The molecule has 0 bridgehead atoms. The maximum atomic E-state index is 12.8. The predicted molar refractivity (Wildman–Crippen MR) is 97.6 cm³/mol. The van der Waals surface area contributed by atoms with Crippen LogP contribution in [0.15, 0.2) is 30.3 Å². The maximum absolute atomic E-state index is 12.8. The van der Waals surface area contributed by atoms with Crippen LogP contribution in [-0.2, 0) is 4.74 Å². The minimum absolute atomic E-state index is 0.0651. The largest absolute Gasteiger partial charge is 0.497 e. The van der Waals surface area contributed by atoms with E-state index in [0.29, 0.717) is 31.9 Å². The van der Waals surface area contributed by atoms with Crippen LogP contribution in [0.25, 0.3) is 11.3 Å². The van der Waals surface area contributed by atoms with Gasteiger partial charge in [0.1, 0.15) is 18.1 Å². The molecule has 4 rings (SSSR count). The van der Waals surface area contributed by atoms with Gasteiger partial charge >= 0.3 is 6.09 Å². The summed E-state index contributed by atoms with van der Waals surface area (Å²) < 4.78 is 10.2. The van der Waals surface area contributed by atoms with Crippen LogP contribution in [0.1, 0.15) is 23.3 Å².